The second-order valence-corrected chi connectivity index (χ2v) is 5.88. The minimum atomic E-state index is 0.0374. The molecule has 1 aliphatic heterocycles. The third-order valence-corrected chi connectivity index (χ3v) is 4.32. The van der Waals surface area contributed by atoms with Crippen molar-refractivity contribution in [3.63, 3.8) is 0 Å². The molecule has 0 aromatic heterocycles. The molecule has 3 heteroatoms. The topological polar surface area (TPSA) is 29.5 Å². The summed E-state index contributed by atoms with van der Waals surface area (Å²) in [6.07, 6.45) is 3.40. The molecule has 2 aromatic rings. The van der Waals surface area contributed by atoms with E-state index < -0.39 is 0 Å². The summed E-state index contributed by atoms with van der Waals surface area (Å²) in [4.78, 5) is 14.9. The highest BCUT2D eigenvalue weighted by molar-refractivity contribution is 6.08. The van der Waals surface area contributed by atoms with Crippen molar-refractivity contribution in [3.8, 4) is 5.75 Å². The Morgan fingerprint density at radius 1 is 1.35 bits per heavy atom. The molecule has 1 amide bonds. The molecule has 2 aromatic carbocycles. The van der Waals surface area contributed by atoms with Gasteiger partial charge in [-0.2, -0.15) is 0 Å². The minimum Gasteiger partial charge on any atom is -0.496 e. The number of fused-ring (bicyclic) bond motifs is 1. The Balaban J connectivity index is 1.97. The van der Waals surface area contributed by atoms with Crippen LogP contribution in [0.3, 0.4) is 0 Å². The van der Waals surface area contributed by atoms with Crippen molar-refractivity contribution in [1.29, 1.82) is 0 Å². The molecule has 1 aliphatic rings. The maximum atomic E-state index is 13.0. The van der Waals surface area contributed by atoms with Crippen molar-refractivity contribution in [3.05, 3.63) is 71.8 Å². The van der Waals surface area contributed by atoms with Crippen LogP contribution in [0.2, 0.25) is 0 Å². The number of benzene rings is 2. The molecule has 0 N–H and O–H groups in total. The smallest absolute Gasteiger partial charge is 0.258 e. The second-order valence-electron chi connectivity index (χ2n) is 5.88. The number of rotatable bonds is 4. The number of hydrogen-bond acceptors (Lipinski definition) is 2. The van der Waals surface area contributed by atoms with Crippen molar-refractivity contribution in [2.24, 2.45) is 0 Å². The number of ether oxygens (including phenoxy) is 1. The van der Waals surface area contributed by atoms with Gasteiger partial charge in [-0.1, -0.05) is 24.3 Å². The average Bonchev–Trinajstić information content (AvgIpc) is 2.90. The van der Waals surface area contributed by atoms with Crippen LogP contribution in [0.15, 0.2) is 55.1 Å². The summed E-state index contributed by atoms with van der Waals surface area (Å²) in [6.45, 7) is 5.86. The first-order valence-corrected chi connectivity index (χ1v) is 7.85. The van der Waals surface area contributed by atoms with Crippen LogP contribution in [0.5, 0.6) is 5.75 Å². The SMILES string of the molecule is C=CCc1cc(C(=O)N2c3ccccc3CC2C)ccc1OC. The fraction of sp³-hybridized carbons (Fsp3) is 0.250. The van der Waals surface area contributed by atoms with E-state index in [-0.39, 0.29) is 11.9 Å². The molecule has 0 aliphatic carbocycles. The molecule has 0 fully saturated rings. The number of amides is 1. The van der Waals surface area contributed by atoms with Gasteiger partial charge in [-0.15, -0.1) is 6.58 Å². The van der Waals surface area contributed by atoms with Crippen LogP contribution < -0.4 is 9.64 Å². The van der Waals surface area contributed by atoms with Gasteiger partial charge in [0.15, 0.2) is 0 Å². The average molecular weight is 307 g/mol. The van der Waals surface area contributed by atoms with E-state index in [1.165, 1.54) is 5.56 Å². The standard InChI is InChI=1S/C20H21NO2/c1-4-7-16-13-17(10-11-19(16)23-3)20(22)21-14(2)12-15-8-5-6-9-18(15)21/h4-6,8-11,13-14H,1,7,12H2,2-3H3. The second kappa shape index (κ2) is 6.29. The largest absolute Gasteiger partial charge is 0.496 e. The predicted molar refractivity (Wildman–Crippen MR) is 93.3 cm³/mol. The summed E-state index contributed by atoms with van der Waals surface area (Å²) < 4.78 is 5.36. The molecule has 0 saturated heterocycles. The fourth-order valence-corrected chi connectivity index (χ4v) is 3.24. The van der Waals surface area contributed by atoms with Gasteiger partial charge in [0.2, 0.25) is 0 Å². The lowest BCUT2D eigenvalue weighted by Gasteiger charge is -2.23. The fourth-order valence-electron chi connectivity index (χ4n) is 3.24. The molecule has 0 bridgehead atoms. The van der Waals surface area contributed by atoms with E-state index in [1.807, 2.05) is 47.4 Å². The summed E-state index contributed by atoms with van der Waals surface area (Å²) >= 11 is 0. The maximum Gasteiger partial charge on any atom is 0.258 e. The van der Waals surface area contributed by atoms with Crippen LogP contribution in [0.1, 0.15) is 28.4 Å². The lowest BCUT2D eigenvalue weighted by molar-refractivity contribution is 0.0981. The summed E-state index contributed by atoms with van der Waals surface area (Å²) in [6, 6.07) is 13.9. The molecule has 0 radical (unpaired) electrons. The Hall–Kier alpha value is -2.55. The zero-order chi connectivity index (χ0) is 16.4. The highest BCUT2D eigenvalue weighted by Crippen LogP contribution is 2.33. The van der Waals surface area contributed by atoms with Gasteiger partial charge in [-0.05, 0) is 55.2 Å². The van der Waals surface area contributed by atoms with Gasteiger partial charge in [0, 0.05) is 17.3 Å². The van der Waals surface area contributed by atoms with E-state index in [4.69, 9.17) is 4.74 Å². The third kappa shape index (κ3) is 2.74. The molecule has 0 saturated carbocycles. The van der Waals surface area contributed by atoms with Crippen molar-refractivity contribution in [1.82, 2.24) is 0 Å². The summed E-state index contributed by atoms with van der Waals surface area (Å²) in [5.74, 6) is 0.826. The molecular weight excluding hydrogens is 286 g/mol. The van der Waals surface area contributed by atoms with Crippen molar-refractivity contribution in [2.45, 2.75) is 25.8 Å². The van der Waals surface area contributed by atoms with Crippen molar-refractivity contribution >= 4 is 11.6 Å². The maximum absolute atomic E-state index is 13.0. The molecule has 1 atom stereocenters. The number of nitrogens with zero attached hydrogens (tertiary/aromatic N) is 1. The van der Waals surface area contributed by atoms with Gasteiger partial charge in [0.1, 0.15) is 5.75 Å². The quantitative estimate of drug-likeness (QED) is 0.799. The first-order chi connectivity index (χ1) is 11.2. The van der Waals surface area contributed by atoms with E-state index in [9.17, 15) is 4.79 Å². The third-order valence-electron chi connectivity index (χ3n) is 4.32. The van der Waals surface area contributed by atoms with Gasteiger partial charge < -0.3 is 9.64 Å². The summed E-state index contributed by atoms with van der Waals surface area (Å²) in [5, 5.41) is 0. The highest BCUT2D eigenvalue weighted by Gasteiger charge is 2.31. The molecule has 0 spiro atoms. The van der Waals surface area contributed by atoms with Crippen LogP contribution in [-0.4, -0.2) is 19.1 Å². The molecule has 1 unspecified atom stereocenters. The number of allylic oxidation sites excluding steroid dienone is 1. The number of para-hydroxylation sites is 1. The van der Waals surface area contributed by atoms with Gasteiger partial charge in [0.05, 0.1) is 7.11 Å². The number of anilines is 1. The Bertz CT molecular complexity index is 751. The van der Waals surface area contributed by atoms with Crippen LogP contribution in [0.4, 0.5) is 5.69 Å². The lowest BCUT2D eigenvalue weighted by Crippen LogP contribution is -2.35. The van der Waals surface area contributed by atoms with Gasteiger partial charge in [-0.25, -0.2) is 0 Å². The zero-order valence-electron chi connectivity index (χ0n) is 13.6. The molecule has 3 rings (SSSR count). The monoisotopic (exact) mass is 307 g/mol. The first-order valence-electron chi connectivity index (χ1n) is 7.85. The van der Waals surface area contributed by atoms with E-state index in [2.05, 4.69) is 19.6 Å². The van der Waals surface area contributed by atoms with E-state index in [0.29, 0.717) is 12.0 Å². The number of hydrogen-bond donors (Lipinski definition) is 0. The van der Waals surface area contributed by atoms with E-state index >= 15 is 0 Å². The molecule has 23 heavy (non-hydrogen) atoms. The Labute approximate surface area is 137 Å². The molecule has 3 nitrogen and oxygen atoms in total. The van der Waals surface area contributed by atoms with E-state index in [0.717, 1.165) is 23.4 Å². The van der Waals surface area contributed by atoms with Crippen LogP contribution in [0.25, 0.3) is 0 Å². The van der Waals surface area contributed by atoms with Gasteiger partial charge in [0.25, 0.3) is 5.91 Å². The Morgan fingerprint density at radius 2 is 2.13 bits per heavy atom. The molecular formula is C20H21NO2. The van der Waals surface area contributed by atoms with Gasteiger partial charge >= 0.3 is 0 Å². The Morgan fingerprint density at radius 3 is 2.87 bits per heavy atom. The Kier molecular flexibility index (Phi) is 4.20. The van der Waals surface area contributed by atoms with Crippen molar-refractivity contribution in [2.75, 3.05) is 12.0 Å². The van der Waals surface area contributed by atoms with E-state index in [1.54, 1.807) is 7.11 Å². The van der Waals surface area contributed by atoms with Crippen LogP contribution in [-0.2, 0) is 12.8 Å². The highest BCUT2D eigenvalue weighted by atomic mass is 16.5. The summed E-state index contributed by atoms with van der Waals surface area (Å²) in [7, 11) is 1.64. The van der Waals surface area contributed by atoms with Crippen LogP contribution in [0, 0.1) is 0 Å². The number of carbonyl (C=O) groups excluding carboxylic acids is 1. The normalized spacial score (nSPS) is 16.1. The number of carbonyl (C=O) groups is 1. The van der Waals surface area contributed by atoms with Crippen LogP contribution >= 0.6 is 0 Å². The minimum absolute atomic E-state index is 0.0374. The first kappa shape index (κ1) is 15.3. The van der Waals surface area contributed by atoms with Gasteiger partial charge in [-0.3, -0.25) is 4.79 Å². The summed E-state index contributed by atoms with van der Waals surface area (Å²) in [5.41, 5.74) is 3.92. The molecule has 1 heterocycles. The lowest BCUT2D eigenvalue weighted by atomic mass is 10.1. The predicted octanol–water partition coefficient (Wildman–Crippen LogP) is 4.02. The van der Waals surface area contributed by atoms with Crippen molar-refractivity contribution < 1.29 is 9.53 Å². The number of methoxy groups -OCH3 is 1. The molecule has 118 valence electrons. The zero-order valence-corrected chi connectivity index (χ0v) is 13.6.